The summed E-state index contributed by atoms with van der Waals surface area (Å²) in [6.07, 6.45) is 1.53. The highest BCUT2D eigenvalue weighted by molar-refractivity contribution is 6.30. The molecule has 0 unspecified atom stereocenters. The summed E-state index contributed by atoms with van der Waals surface area (Å²) in [5.41, 5.74) is 5.76. The molecule has 0 bridgehead atoms. The van der Waals surface area contributed by atoms with Gasteiger partial charge in [0, 0.05) is 16.1 Å². The third-order valence-corrected chi connectivity index (χ3v) is 4.20. The van der Waals surface area contributed by atoms with Gasteiger partial charge in [0.05, 0.1) is 6.21 Å². The van der Waals surface area contributed by atoms with E-state index in [0.29, 0.717) is 28.5 Å². The van der Waals surface area contributed by atoms with Crippen LogP contribution in [0.1, 0.15) is 27.0 Å². The van der Waals surface area contributed by atoms with Crippen LogP contribution in [0.2, 0.25) is 5.02 Å². The number of ether oxygens (including phenoxy) is 1. The number of nitrogens with one attached hydrogen (secondary N) is 1. The van der Waals surface area contributed by atoms with Crippen molar-refractivity contribution in [1.82, 2.24) is 5.43 Å². The first-order valence-electron chi connectivity index (χ1n) is 8.49. The van der Waals surface area contributed by atoms with Crippen molar-refractivity contribution in [2.75, 3.05) is 0 Å². The van der Waals surface area contributed by atoms with Gasteiger partial charge in [0.2, 0.25) is 0 Å². The van der Waals surface area contributed by atoms with E-state index >= 15 is 0 Å². The maximum absolute atomic E-state index is 12.2. The number of hydrogen-bond donors (Lipinski definition) is 1. The first-order valence-corrected chi connectivity index (χ1v) is 8.86. The first kappa shape index (κ1) is 18.7. The van der Waals surface area contributed by atoms with Crippen LogP contribution in [-0.4, -0.2) is 12.1 Å². The van der Waals surface area contributed by atoms with Gasteiger partial charge in [0.15, 0.2) is 0 Å². The van der Waals surface area contributed by atoms with Gasteiger partial charge in [-0.2, -0.15) is 5.10 Å². The maximum atomic E-state index is 12.2. The summed E-state index contributed by atoms with van der Waals surface area (Å²) in [5.74, 6) is 0.371. The Morgan fingerprint density at radius 1 is 1.07 bits per heavy atom. The van der Waals surface area contributed by atoms with Gasteiger partial charge in [0.25, 0.3) is 5.91 Å². The lowest BCUT2D eigenvalue weighted by Gasteiger charge is -2.09. The third kappa shape index (κ3) is 5.19. The number of carbonyl (C=O) groups excluding carboxylic acids is 1. The Morgan fingerprint density at radius 2 is 1.81 bits per heavy atom. The molecule has 0 aromatic heterocycles. The molecule has 0 spiro atoms. The van der Waals surface area contributed by atoms with Crippen molar-refractivity contribution >= 4 is 23.7 Å². The molecule has 0 heterocycles. The van der Waals surface area contributed by atoms with E-state index in [1.54, 1.807) is 24.3 Å². The van der Waals surface area contributed by atoms with Crippen LogP contribution in [0.5, 0.6) is 5.75 Å². The largest absolute Gasteiger partial charge is 0.488 e. The lowest BCUT2D eigenvalue weighted by atomic mass is 10.1. The van der Waals surface area contributed by atoms with Crippen molar-refractivity contribution in [2.45, 2.75) is 13.5 Å². The second kappa shape index (κ2) is 9.01. The molecule has 1 N–H and O–H groups in total. The average molecular weight is 379 g/mol. The van der Waals surface area contributed by atoms with Crippen molar-refractivity contribution < 1.29 is 9.53 Å². The summed E-state index contributed by atoms with van der Waals surface area (Å²) >= 11 is 6.09. The number of rotatable bonds is 6. The molecule has 27 heavy (non-hydrogen) atoms. The fraction of sp³-hybridized carbons (Fsp3) is 0.0909. The molecule has 0 aliphatic carbocycles. The molecule has 3 rings (SSSR count). The number of amides is 1. The molecule has 136 valence electrons. The van der Waals surface area contributed by atoms with E-state index in [1.165, 1.54) is 6.21 Å². The molecular weight excluding hydrogens is 360 g/mol. The van der Waals surface area contributed by atoms with Crippen LogP contribution in [0.25, 0.3) is 0 Å². The lowest BCUT2D eigenvalue weighted by molar-refractivity contribution is 0.0954. The predicted molar refractivity (Wildman–Crippen MR) is 108 cm³/mol. The van der Waals surface area contributed by atoms with Crippen molar-refractivity contribution in [3.63, 3.8) is 0 Å². The van der Waals surface area contributed by atoms with Gasteiger partial charge in [-0.15, -0.1) is 0 Å². The summed E-state index contributed by atoms with van der Waals surface area (Å²) in [6, 6.07) is 22.5. The normalized spacial score (nSPS) is 10.7. The average Bonchev–Trinajstić information content (AvgIpc) is 2.68. The number of halogens is 1. The summed E-state index contributed by atoms with van der Waals surface area (Å²) in [5, 5.41) is 4.62. The van der Waals surface area contributed by atoms with Crippen molar-refractivity contribution in [2.24, 2.45) is 5.10 Å². The van der Waals surface area contributed by atoms with Crippen LogP contribution in [-0.2, 0) is 6.61 Å². The molecule has 5 heteroatoms. The van der Waals surface area contributed by atoms with E-state index in [2.05, 4.69) is 10.5 Å². The number of nitrogens with zero attached hydrogens (tertiary/aromatic N) is 1. The highest BCUT2D eigenvalue weighted by Crippen LogP contribution is 2.22. The number of aryl methyl sites for hydroxylation is 1. The fourth-order valence-electron chi connectivity index (χ4n) is 2.54. The topological polar surface area (TPSA) is 50.7 Å². The molecule has 3 aromatic carbocycles. The van der Waals surface area contributed by atoms with Gasteiger partial charge in [-0.3, -0.25) is 4.79 Å². The highest BCUT2D eigenvalue weighted by atomic mass is 35.5. The fourth-order valence-corrected chi connectivity index (χ4v) is 2.72. The zero-order chi connectivity index (χ0) is 19.1. The quantitative estimate of drug-likeness (QED) is 0.485. The van der Waals surface area contributed by atoms with Crippen molar-refractivity contribution in [1.29, 1.82) is 0 Å². The zero-order valence-electron chi connectivity index (χ0n) is 14.9. The van der Waals surface area contributed by atoms with E-state index in [-0.39, 0.29) is 5.91 Å². The minimum absolute atomic E-state index is 0.266. The summed E-state index contributed by atoms with van der Waals surface area (Å²) in [6.45, 7) is 2.31. The summed E-state index contributed by atoms with van der Waals surface area (Å²) in [7, 11) is 0. The number of hydrogen-bond acceptors (Lipinski definition) is 3. The van der Waals surface area contributed by atoms with E-state index in [4.69, 9.17) is 16.3 Å². The van der Waals surface area contributed by atoms with E-state index in [9.17, 15) is 4.79 Å². The van der Waals surface area contributed by atoms with Gasteiger partial charge in [-0.1, -0.05) is 60.1 Å². The molecule has 0 aliphatic heterocycles. The van der Waals surface area contributed by atoms with Gasteiger partial charge >= 0.3 is 0 Å². The standard InChI is InChI=1S/C22H19ClN2O2/c1-16-7-5-6-10-20(16)22(26)25-24-14-18-13-19(23)11-12-21(18)27-15-17-8-3-2-4-9-17/h2-14H,15H2,1H3,(H,25,26)/b24-14+. The molecule has 3 aromatic rings. The number of hydrazone groups is 1. The van der Waals surface area contributed by atoms with Crippen molar-refractivity contribution in [3.05, 3.63) is 100 Å². The van der Waals surface area contributed by atoms with Crippen LogP contribution in [0.4, 0.5) is 0 Å². The SMILES string of the molecule is Cc1ccccc1C(=O)N/N=C/c1cc(Cl)ccc1OCc1ccccc1. The van der Waals surface area contributed by atoms with Gasteiger partial charge in [-0.25, -0.2) is 5.43 Å². The molecular formula is C22H19ClN2O2. The lowest BCUT2D eigenvalue weighted by Crippen LogP contribution is -2.18. The smallest absolute Gasteiger partial charge is 0.271 e. The molecule has 0 saturated heterocycles. The molecule has 0 saturated carbocycles. The van der Waals surface area contributed by atoms with E-state index in [0.717, 1.165) is 11.1 Å². The minimum atomic E-state index is -0.266. The minimum Gasteiger partial charge on any atom is -0.488 e. The number of benzene rings is 3. The van der Waals surface area contributed by atoms with Crippen LogP contribution in [0.15, 0.2) is 77.9 Å². The summed E-state index contributed by atoms with van der Waals surface area (Å²) < 4.78 is 5.88. The Hall–Kier alpha value is -3.11. The Morgan fingerprint density at radius 3 is 2.59 bits per heavy atom. The van der Waals surface area contributed by atoms with Gasteiger partial charge < -0.3 is 4.74 Å². The van der Waals surface area contributed by atoms with Gasteiger partial charge in [0.1, 0.15) is 12.4 Å². The first-order chi connectivity index (χ1) is 13.1. The zero-order valence-corrected chi connectivity index (χ0v) is 15.6. The molecule has 4 nitrogen and oxygen atoms in total. The molecule has 0 fully saturated rings. The Labute approximate surface area is 163 Å². The third-order valence-electron chi connectivity index (χ3n) is 3.97. The van der Waals surface area contributed by atoms with E-state index < -0.39 is 0 Å². The Kier molecular flexibility index (Phi) is 6.23. The van der Waals surface area contributed by atoms with Gasteiger partial charge in [-0.05, 0) is 42.3 Å². The van der Waals surface area contributed by atoms with Crippen molar-refractivity contribution in [3.8, 4) is 5.75 Å². The molecule has 0 aliphatic rings. The van der Waals surface area contributed by atoms with Crippen LogP contribution in [0, 0.1) is 6.92 Å². The Balaban J connectivity index is 1.70. The highest BCUT2D eigenvalue weighted by Gasteiger charge is 2.07. The Bertz CT molecular complexity index is 956. The van der Waals surface area contributed by atoms with Crippen LogP contribution < -0.4 is 10.2 Å². The van der Waals surface area contributed by atoms with Crippen LogP contribution in [0.3, 0.4) is 0 Å². The van der Waals surface area contributed by atoms with E-state index in [1.807, 2.05) is 55.5 Å². The second-order valence-electron chi connectivity index (χ2n) is 5.97. The number of carbonyl (C=O) groups is 1. The molecule has 0 atom stereocenters. The second-order valence-corrected chi connectivity index (χ2v) is 6.41. The predicted octanol–water partition coefficient (Wildman–Crippen LogP) is 4.99. The monoisotopic (exact) mass is 378 g/mol. The summed E-state index contributed by atoms with van der Waals surface area (Å²) in [4.78, 5) is 12.2. The maximum Gasteiger partial charge on any atom is 0.271 e. The molecule has 1 amide bonds. The molecule has 0 radical (unpaired) electrons. The van der Waals surface area contributed by atoms with Crippen LogP contribution >= 0.6 is 11.6 Å².